The SMILES string of the molecule is Cc1ccc(-c2nc(-c3ccccn3)sc2CCN)c(C)c1. The van der Waals surface area contributed by atoms with E-state index in [0.29, 0.717) is 6.54 Å². The number of nitrogens with two attached hydrogens (primary N) is 1. The third-order valence-corrected chi connectivity index (χ3v) is 4.73. The third-order valence-electron chi connectivity index (χ3n) is 3.59. The van der Waals surface area contributed by atoms with Crippen molar-refractivity contribution in [2.24, 2.45) is 5.73 Å². The average molecular weight is 309 g/mol. The molecule has 3 nitrogen and oxygen atoms in total. The number of hydrogen-bond acceptors (Lipinski definition) is 4. The van der Waals surface area contributed by atoms with E-state index in [2.05, 4.69) is 37.0 Å². The fraction of sp³-hybridized carbons (Fsp3) is 0.222. The van der Waals surface area contributed by atoms with Gasteiger partial charge < -0.3 is 5.73 Å². The lowest BCUT2D eigenvalue weighted by atomic mass is 10.0. The summed E-state index contributed by atoms with van der Waals surface area (Å²) in [7, 11) is 0. The molecule has 2 aromatic heterocycles. The van der Waals surface area contributed by atoms with E-state index in [1.54, 1.807) is 17.5 Å². The van der Waals surface area contributed by atoms with Gasteiger partial charge in [-0.15, -0.1) is 11.3 Å². The van der Waals surface area contributed by atoms with Crippen molar-refractivity contribution in [1.82, 2.24) is 9.97 Å². The Bertz CT molecular complexity index is 778. The van der Waals surface area contributed by atoms with Crippen LogP contribution in [0.15, 0.2) is 42.6 Å². The van der Waals surface area contributed by atoms with E-state index in [1.165, 1.54) is 21.6 Å². The molecule has 3 rings (SSSR count). The molecule has 2 heterocycles. The maximum atomic E-state index is 5.78. The van der Waals surface area contributed by atoms with Crippen LogP contribution in [0.1, 0.15) is 16.0 Å². The first-order valence-corrected chi connectivity index (χ1v) is 8.19. The molecule has 0 saturated heterocycles. The van der Waals surface area contributed by atoms with Gasteiger partial charge in [0, 0.05) is 16.6 Å². The van der Waals surface area contributed by atoms with Gasteiger partial charge in [-0.05, 0) is 44.5 Å². The van der Waals surface area contributed by atoms with Gasteiger partial charge in [-0.25, -0.2) is 4.98 Å². The van der Waals surface area contributed by atoms with E-state index in [-0.39, 0.29) is 0 Å². The zero-order chi connectivity index (χ0) is 15.5. The van der Waals surface area contributed by atoms with Crippen molar-refractivity contribution in [3.05, 3.63) is 58.6 Å². The van der Waals surface area contributed by atoms with Gasteiger partial charge in [-0.1, -0.05) is 29.8 Å². The topological polar surface area (TPSA) is 51.8 Å². The number of pyridine rings is 1. The highest BCUT2D eigenvalue weighted by Crippen LogP contribution is 2.34. The van der Waals surface area contributed by atoms with E-state index < -0.39 is 0 Å². The molecule has 112 valence electrons. The van der Waals surface area contributed by atoms with Crippen LogP contribution >= 0.6 is 11.3 Å². The van der Waals surface area contributed by atoms with Gasteiger partial charge in [0.1, 0.15) is 5.01 Å². The van der Waals surface area contributed by atoms with Crippen LogP contribution in [0.2, 0.25) is 0 Å². The summed E-state index contributed by atoms with van der Waals surface area (Å²) in [6.07, 6.45) is 2.64. The molecule has 1 aromatic carbocycles. The standard InChI is InChI=1S/C18H19N3S/c1-12-6-7-14(13(2)11-12)17-16(8-9-19)22-18(21-17)15-5-3-4-10-20-15/h3-7,10-11H,8-9,19H2,1-2H3. The predicted molar refractivity (Wildman–Crippen MR) is 93.0 cm³/mol. The quantitative estimate of drug-likeness (QED) is 0.793. The molecule has 3 aromatic rings. The minimum Gasteiger partial charge on any atom is -0.330 e. The number of nitrogens with zero attached hydrogens (tertiary/aromatic N) is 2. The predicted octanol–water partition coefficient (Wildman–Crippen LogP) is 3.99. The van der Waals surface area contributed by atoms with Gasteiger partial charge in [0.15, 0.2) is 0 Å². The Balaban J connectivity index is 2.12. The van der Waals surface area contributed by atoms with Crippen molar-refractivity contribution in [3.63, 3.8) is 0 Å². The molecule has 0 fully saturated rings. The highest BCUT2D eigenvalue weighted by molar-refractivity contribution is 7.15. The summed E-state index contributed by atoms with van der Waals surface area (Å²) < 4.78 is 0. The highest BCUT2D eigenvalue weighted by Gasteiger charge is 2.16. The molecule has 4 heteroatoms. The van der Waals surface area contributed by atoms with Crippen molar-refractivity contribution in [3.8, 4) is 22.0 Å². The normalized spacial score (nSPS) is 10.9. The lowest BCUT2D eigenvalue weighted by Gasteiger charge is -2.06. The van der Waals surface area contributed by atoms with E-state index in [9.17, 15) is 0 Å². The van der Waals surface area contributed by atoms with Gasteiger partial charge in [-0.3, -0.25) is 4.98 Å². The summed E-state index contributed by atoms with van der Waals surface area (Å²) in [6, 6.07) is 12.4. The highest BCUT2D eigenvalue weighted by atomic mass is 32.1. The maximum Gasteiger partial charge on any atom is 0.142 e. The molecule has 0 unspecified atom stereocenters. The molecule has 0 amide bonds. The van der Waals surface area contributed by atoms with Crippen LogP contribution < -0.4 is 5.73 Å². The second kappa shape index (κ2) is 6.38. The van der Waals surface area contributed by atoms with Crippen LogP contribution in [0, 0.1) is 13.8 Å². The number of aromatic nitrogens is 2. The zero-order valence-electron chi connectivity index (χ0n) is 12.8. The first-order valence-electron chi connectivity index (χ1n) is 7.38. The van der Waals surface area contributed by atoms with Gasteiger partial charge in [0.25, 0.3) is 0 Å². The average Bonchev–Trinajstić information content (AvgIpc) is 2.92. The summed E-state index contributed by atoms with van der Waals surface area (Å²) in [6.45, 7) is 4.87. The van der Waals surface area contributed by atoms with E-state index in [1.807, 2.05) is 18.2 Å². The zero-order valence-corrected chi connectivity index (χ0v) is 13.7. The molecule has 0 aliphatic carbocycles. The molecular formula is C18H19N3S. The minimum absolute atomic E-state index is 0.627. The number of hydrogen-bond donors (Lipinski definition) is 1. The lowest BCUT2D eigenvalue weighted by molar-refractivity contribution is 0.985. The van der Waals surface area contributed by atoms with Crippen LogP contribution in [-0.2, 0) is 6.42 Å². The number of aryl methyl sites for hydroxylation is 2. The fourth-order valence-corrected chi connectivity index (χ4v) is 3.61. The lowest BCUT2D eigenvalue weighted by Crippen LogP contribution is -2.02. The minimum atomic E-state index is 0.627. The Kier molecular flexibility index (Phi) is 4.32. The number of thiazole rings is 1. The molecule has 22 heavy (non-hydrogen) atoms. The maximum absolute atomic E-state index is 5.78. The Labute approximate surface area is 134 Å². The van der Waals surface area contributed by atoms with Gasteiger partial charge in [0.05, 0.1) is 11.4 Å². The molecule has 0 saturated carbocycles. The third kappa shape index (κ3) is 2.93. The largest absolute Gasteiger partial charge is 0.330 e. The van der Waals surface area contributed by atoms with Crippen LogP contribution in [0.25, 0.3) is 22.0 Å². The van der Waals surface area contributed by atoms with Crippen LogP contribution in [0.4, 0.5) is 0 Å². The van der Waals surface area contributed by atoms with Crippen molar-refractivity contribution in [2.45, 2.75) is 20.3 Å². The van der Waals surface area contributed by atoms with Gasteiger partial charge >= 0.3 is 0 Å². The Morgan fingerprint density at radius 1 is 1.14 bits per heavy atom. The number of rotatable bonds is 4. The van der Waals surface area contributed by atoms with Crippen molar-refractivity contribution >= 4 is 11.3 Å². The van der Waals surface area contributed by atoms with Crippen LogP contribution in [-0.4, -0.2) is 16.5 Å². The molecular weight excluding hydrogens is 290 g/mol. The second-order valence-electron chi connectivity index (χ2n) is 5.36. The Hall–Kier alpha value is -2.04. The van der Waals surface area contributed by atoms with Crippen molar-refractivity contribution in [1.29, 1.82) is 0 Å². The smallest absolute Gasteiger partial charge is 0.142 e. The fourth-order valence-electron chi connectivity index (χ4n) is 2.54. The molecule has 2 N–H and O–H groups in total. The van der Waals surface area contributed by atoms with E-state index >= 15 is 0 Å². The van der Waals surface area contributed by atoms with Crippen LogP contribution in [0.3, 0.4) is 0 Å². The van der Waals surface area contributed by atoms with Gasteiger partial charge in [0.2, 0.25) is 0 Å². The summed E-state index contributed by atoms with van der Waals surface area (Å²) >= 11 is 1.69. The second-order valence-corrected chi connectivity index (χ2v) is 6.45. The summed E-state index contributed by atoms with van der Waals surface area (Å²) in [5, 5.41) is 0.957. The van der Waals surface area contributed by atoms with Crippen molar-refractivity contribution in [2.75, 3.05) is 6.54 Å². The molecule has 0 radical (unpaired) electrons. The molecule has 0 bridgehead atoms. The van der Waals surface area contributed by atoms with E-state index in [4.69, 9.17) is 10.7 Å². The summed E-state index contributed by atoms with van der Waals surface area (Å²) in [5.41, 5.74) is 11.4. The number of benzene rings is 1. The molecule has 0 aliphatic heterocycles. The van der Waals surface area contributed by atoms with E-state index in [0.717, 1.165) is 22.8 Å². The van der Waals surface area contributed by atoms with Gasteiger partial charge in [-0.2, -0.15) is 0 Å². The molecule has 0 spiro atoms. The summed E-state index contributed by atoms with van der Waals surface area (Å²) in [4.78, 5) is 10.5. The van der Waals surface area contributed by atoms with Crippen molar-refractivity contribution < 1.29 is 0 Å². The first-order chi connectivity index (χ1) is 10.7. The first kappa shape index (κ1) is 14.9. The molecule has 0 atom stereocenters. The summed E-state index contributed by atoms with van der Waals surface area (Å²) in [5.74, 6) is 0. The van der Waals surface area contributed by atoms with Crippen LogP contribution in [0.5, 0.6) is 0 Å². The Morgan fingerprint density at radius 2 is 2.00 bits per heavy atom. The monoisotopic (exact) mass is 309 g/mol. The molecule has 0 aliphatic rings. The Morgan fingerprint density at radius 3 is 2.68 bits per heavy atom.